The number of fused-ring (bicyclic) bond motifs is 1. The summed E-state index contributed by atoms with van der Waals surface area (Å²) in [5.74, 6) is 1.07. The maximum absolute atomic E-state index is 8.67. The largest absolute Gasteiger partial charge is 0.332 e. The van der Waals surface area contributed by atoms with E-state index in [9.17, 15) is 0 Å². The van der Waals surface area contributed by atoms with Gasteiger partial charge < -0.3 is 10.3 Å². The number of nitrogens with zero attached hydrogens (tertiary/aromatic N) is 3. The molecule has 4 nitrogen and oxygen atoms in total. The summed E-state index contributed by atoms with van der Waals surface area (Å²) >= 11 is 0. The van der Waals surface area contributed by atoms with E-state index in [0.29, 0.717) is 6.42 Å². The summed E-state index contributed by atoms with van der Waals surface area (Å²) in [4.78, 5) is 4.59. The van der Waals surface area contributed by atoms with Crippen molar-refractivity contribution in [3.63, 3.8) is 0 Å². The lowest BCUT2D eigenvalue weighted by molar-refractivity contribution is 0.555. The SMILES string of the molecule is Cc1nc2c(n1CCC(N)C#N)CCCC2. The molecule has 1 heterocycles. The molecule has 1 unspecified atom stereocenters. The van der Waals surface area contributed by atoms with Crippen LogP contribution in [0.1, 0.15) is 36.5 Å². The average molecular weight is 218 g/mol. The molecule has 0 aliphatic heterocycles. The number of hydrogen-bond donors (Lipinski definition) is 1. The van der Waals surface area contributed by atoms with Gasteiger partial charge in [0.1, 0.15) is 5.82 Å². The van der Waals surface area contributed by atoms with Crippen LogP contribution < -0.4 is 5.73 Å². The molecule has 86 valence electrons. The molecule has 0 bridgehead atoms. The molecule has 0 amide bonds. The monoisotopic (exact) mass is 218 g/mol. The highest BCUT2D eigenvalue weighted by molar-refractivity contribution is 5.19. The fourth-order valence-corrected chi connectivity index (χ4v) is 2.37. The Labute approximate surface area is 96.1 Å². The van der Waals surface area contributed by atoms with Crippen LogP contribution >= 0.6 is 0 Å². The van der Waals surface area contributed by atoms with E-state index in [-0.39, 0.29) is 6.04 Å². The van der Waals surface area contributed by atoms with Crippen molar-refractivity contribution in [2.75, 3.05) is 0 Å². The lowest BCUT2D eigenvalue weighted by Crippen LogP contribution is -2.21. The molecule has 0 radical (unpaired) electrons. The molecule has 1 aromatic heterocycles. The van der Waals surface area contributed by atoms with Gasteiger partial charge in [-0.25, -0.2) is 4.98 Å². The van der Waals surface area contributed by atoms with Gasteiger partial charge in [0.25, 0.3) is 0 Å². The van der Waals surface area contributed by atoms with Crippen molar-refractivity contribution in [2.45, 2.75) is 51.6 Å². The van der Waals surface area contributed by atoms with Gasteiger partial charge >= 0.3 is 0 Å². The summed E-state index contributed by atoms with van der Waals surface area (Å²) < 4.78 is 2.24. The van der Waals surface area contributed by atoms with Crippen LogP contribution in [0.5, 0.6) is 0 Å². The normalized spacial score (nSPS) is 16.6. The van der Waals surface area contributed by atoms with E-state index in [2.05, 4.69) is 15.6 Å². The predicted octanol–water partition coefficient (Wildman–Crippen LogP) is 1.31. The molecule has 2 rings (SSSR count). The number of nitrogens with two attached hydrogens (primary N) is 1. The molecule has 16 heavy (non-hydrogen) atoms. The highest BCUT2D eigenvalue weighted by Crippen LogP contribution is 2.22. The summed E-state index contributed by atoms with van der Waals surface area (Å²) in [7, 11) is 0. The van der Waals surface area contributed by atoms with Crippen LogP contribution in [0.3, 0.4) is 0 Å². The third kappa shape index (κ3) is 2.10. The number of aryl methyl sites for hydroxylation is 2. The molecule has 1 aromatic rings. The third-order valence-electron chi connectivity index (χ3n) is 3.25. The average Bonchev–Trinajstić information content (AvgIpc) is 2.62. The van der Waals surface area contributed by atoms with Crippen LogP contribution in [0, 0.1) is 18.3 Å². The molecule has 1 atom stereocenters. The minimum Gasteiger partial charge on any atom is -0.332 e. The van der Waals surface area contributed by atoms with Crippen LogP contribution in [0.25, 0.3) is 0 Å². The minimum atomic E-state index is -0.360. The first-order chi connectivity index (χ1) is 7.72. The third-order valence-corrected chi connectivity index (χ3v) is 3.25. The number of hydrogen-bond acceptors (Lipinski definition) is 3. The predicted molar refractivity (Wildman–Crippen MR) is 61.8 cm³/mol. The Balaban J connectivity index is 2.14. The number of aromatic nitrogens is 2. The lowest BCUT2D eigenvalue weighted by atomic mass is 10.0. The smallest absolute Gasteiger partial charge is 0.106 e. The van der Waals surface area contributed by atoms with E-state index in [1.54, 1.807) is 0 Å². The van der Waals surface area contributed by atoms with Crippen LogP contribution in [0.4, 0.5) is 0 Å². The summed E-state index contributed by atoms with van der Waals surface area (Å²) in [5, 5.41) is 8.67. The summed E-state index contributed by atoms with van der Waals surface area (Å²) in [6, 6.07) is 1.71. The standard InChI is InChI=1S/C12H18N4/c1-9-15-11-4-2-3-5-12(11)16(9)7-6-10(14)8-13/h10H,2-7,14H2,1H3. The Kier molecular flexibility index (Phi) is 3.25. The van der Waals surface area contributed by atoms with Gasteiger partial charge in [-0.15, -0.1) is 0 Å². The second-order valence-electron chi connectivity index (χ2n) is 4.44. The van der Waals surface area contributed by atoms with E-state index in [1.807, 2.05) is 6.92 Å². The molecule has 0 saturated carbocycles. The summed E-state index contributed by atoms with van der Waals surface area (Å²) in [6.07, 6.45) is 5.44. The summed E-state index contributed by atoms with van der Waals surface area (Å²) in [5.41, 5.74) is 8.25. The Morgan fingerprint density at radius 2 is 2.25 bits per heavy atom. The van der Waals surface area contributed by atoms with E-state index in [1.165, 1.54) is 24.2 Å². The molecule has 0 spiro atoms. The van der Waals surface area contributed by atoms with Gasteiger partial charge in [-0.2, -0.15) is 5.26 Å². The molecular formula is C12H18N4. The van der Waals surface area contributed by atoms with Crippen molar-refractivity contribution >= 4 is 0 Å². The molecule has 1 aliphatic rings. The first-order valence-corrected chi connectivity index (χ1v) is 5.92. The van der Waals surface area contributed by atoms with Gasteiger partial charge in [0, 0.05) is 12.2 Å². The topological polar surface area (TPSA) is 67.6 Å². The number of imidazole rings is 1. The fraction of sp³-hybridized carbons (Fsp3) is 0.667. The first-order valence-electron chi connectivity index (χ1n) is 5.92. The molecular weight excluding hydrogens is 200 g/mol. The van der Waals surface area contributed by atoms with Crippen molar-refractivity contribution in [3.8, 4) is 6.07 Å². The Hall–Kier alpha value is -1.34. The van der Waals surface area contributed by atoms with Crippen molar-refractivity contribution in [1.29, 1.82) is 5.26 Å². The van der Waals surface area contributed by atoms with Gasteiger partial charge in [0.05, 0.1) is 17.8 Å². The zero-order valence-corrected chi connectivity index (χ0v) is 9.74. The van der Waals surface area contributed by atoms with Crippen LogP contribution in [-0.2, 0) is 19.4 Å². The van der Waals surface area contributed by atoms with Gasteiger partial charge in [-0.3, -0.25) is 0 Å². The lowest BCUT2D eigenvalue weighted by Gasteiger charge is -2.15. The Morgan fingerprint density at radius 1 is 1.50 bits per heavy atom. The Bertz CT molecular complexity index is 413. The zero-order chi connectivity index (χ0) is 11.5. The zero-order valence-electron chi connectivity index (χ0n) is 9.74. The van der Waals surface area contributed by atoms with Gasteiger partial charge in [0.15, 0.2) is 0 Å². The van der Waals surface area contributed by atoms with Gasteiger partial charge in [-0.05, 0) is 39.0 Å². The second kappa shape index (κ2) is 4.67. The van der Waals surface area contributed by atoms with Crippen molar-refractivity contribution in [3.05, 3.63) is 17.2 Å². The fourth-order valence-electron chi connectivity index (χ4n) is 2.37. The number of rotatable bonds is 3. The summed E-state index contributed by atoms with van der Waals surface area (Å²) in [6.45, 7) is 2.86. The molecule has 2 N–H and O–H groups in total. The maximum atomic E-state index is 8.67. The molecule has 0 saturated heterocycles. The maximum Gasteiger partial charge on any atom is 0.106 e. The van der Waals surface area contributed by atoms with E-state index in [0.717, 1.165) is 25.2 Å². The minimum absolute atomic E-state index is 0.360. The quantitative estimate of drug-likeness (QED) is 0.831. The molecule has 4 heteroatoms. The van der Waals surface area contributed by atoms with Crippen molar-refractivity contribution in [1.82, 2.24) is 9.55 Å². The van der Waals surface area contributed by atoms with Crippen LogP contribution in [-0.4, -0.2) is 15.6 Å². The molecule has 0 aromatic carbocycles. The molecule has 0 fully saturated rings. The van der Waals surface area contributed by atoms with E-state index < -0.39 is 0 Å². The van der Waals surface area contributed by atoms with Gasteiger partial charge in [-0.1, -0.05) is 0 Å². The molecule has 1 aliphatic carbocycles. The highest BCUT2D eigenvalue weighted by atomic mass is 15.1. The Morgan fingerprint density at radius 3 is 3.00 bits per heavy atom. The van der Waals surface area contributed by atoms with Crippen LogP contribution in [0.2, 0.25) is 0 Å². The van der Waals surface area contributed by atoms with E-state index >= 15 is 0 Å². The number of nitriles is 1. The van der Waals surface area contributed by atoms with Crippen molar-refractivity contribution in [2.24, 2.45) is 5.73 Å². The van der Waals surface area contributed by atoms with Crippen LogP contribution in [0.15, 0.2) is 0 Å². The van der Waals surface area contributed by atoms with Crippen molar-refractivity contribution < 1.29 is 0 Å². The van der Waals surface area contributed by atoms with E-state index in [4.69, 9.17) is 11.0 Å². The van der Waals surface area contributed by atoms with Gasteiger partial charge in [0.2, 0.25) is 0 Å². The second-order valence-corrected chi connectivity index (χ2v) is 4.44. The highest BCUT2D eigenvalue weighted by Gasteiger charge is 2.17. The first kappa shape index (κ1) is 11.2.